The highest BCUT2D eigenvalue weighted by atomic mass is 127. The maximum Gasteiger partial charge on any atom is 0.225 e. The Morgan fingerprint density at radius 1 is 1.18 bits per heavy atom. The summed E-state index contributed by atoms with van der Waals surface area (Å²) >= 11 is 0. The number of halogens is 1. The predicted octanol–water partition coefficient (Wildman–Crippen LogP) is 3.32. The van der Waals surface area contributed by atoms with Crippen molar-refractivity contribution in [1.29, 1.82) is 0 Å². The number of fused-ring (bicyclic) bond motifs is 1. The van der Waals surface area contributed by atoms with Crippen molar-refractivity contribution in [2.45, 2.75) is 38.5 Å². The second-order valence-electron chi connectivity index (χ2n) is 8.58. The number of para-hydroxylation sites is 1. The monoisotopic (exact) mass is 563 g/mol. The normalized spacial score (nSPS) is 20.9. The fourth-order valence-electron chi connectivity index (χ4n) is 4.44. The molecule has 3 N–H and O–H groups in total. The third kappa shape index (κ3) is 7.15. The van der Waals surface area contributed by atoms with Crippen molar-refractivity contribution in [1.82, 2.24) is 15.5 Å². The first-order valence-corrected chi connectivity index (χ1v) is 11.4. The maximum atomic E-state index is 12.1. The number of amides is 1. The Kier molecular flexibility index (Phi) is 9.52. The van der Waals surface area contributed by atoms with E-state index < -0.39 is 0 Å². The van der Waals surface area contributed by atoms with E-state index in [2.05, 4.69) is 63.1 Å². The summed E-state index contributed by atoms with van der Waals surface area (Å²) in [6.45, 7) is 7.17. The first-order chi connectivity index (χ1) is 15.6. The van der Waals surface area contributed by atoms with Gasteiger partial charge in [-0.1, -0.05) is 42.5 Å². The van der Waals surface area contributed by atoms with Crippen LogP contribution in [0.5, 0.6) is 0 Å². The summed E-state index contributed by atoms with van der Waals surface area (Å²) in [4.78, 5) is 18.9. The third-order valence-electron chi connectivity index (χ3n) is 6.03. The fraction of sp³-hybridized carbons (Fsp3) is 0.440. The Hall–Kier alpha value is -2.17. The molecule has 2 unspecified atom stereocenters. The highest BCUT2D eigenvalue weighted by Gasteiger charge is 2.24. The standard InChI is InChI=1S/C25H33N5O2.HI/c1-18-16-30(10-11-32-18)17-20-7-5-6-19(12-20)14-27-25(26-2)28-15-21-13-24(31)29-23-9-4-3-8-22(21)23;/h3-9,12,18,21H,10-11,13-17H2,1-2H3,(H,29,31)(H2,26,27,28);1H. The molecule has 0 saturated carbocycles. The lowest BCUT2D eigenvalue weighted by atomic mass is 9.90. The van der Waals surface area contributed by atoms with Crippen molar-refractivity contribution < 1.29 is 9.53 Å². The van der Waals surface area contributed by atoms with Gasteiger partial charge in [-0.05, 0) is 29.7 Å². The molecule has 2 aromatic carbocycles. The van der Waals surface area contributed by atoms with Gasteiger partial charge >= 0.3 is 0 Å². The van der Waals surface area contributed by atoms with Crippen molar-refractivity contribution in [3.63, 3.8) is 0 Å². The van der Waals surface area contributed by atoms with E-state index in [9.17, 15) is 4.79 Å². The summed E-state index contributed by atoms with van der Waals surface area (Å²) in [5.74, 6) is 0.920. The van der Waals surface area contributed by atoms with E-state index in [0.717, 1.165) is 37.9 Å². The molecule has 33 heavy (non-hydrogen) atoms. The van der Waals surface area contributed by atoms with Crippen molar-refractivity contribution >= 4 is 41.5 Å². The number of morpholine rings is 1. The Bertz CT molecular complexity index is 967. The van der Waals surface area contributed by atoms with Crippen LogP contribution in [0, 0.1) is 0 Å². The minimum Gasteiger partial charge on any atom is -0.376 e. The van der Waals surface area contributed by atoms with Crippen molar-refractivity contribution in [2.24, 2.45) is 4.99 Å². The molecule has 2 aliphatic heterocycles. The van der Waals surface area contributed by atoms with Gasteiger partial charge in [-0.2, -0.15) is 0 Å². The van der Waals surface area contributed by atoms with E-state index in [4.69, 9.17) is 4.74 Å². The number of carbonyl (C=O) groups excluding carboxylic acids is 1. The minimum atomic E-state index is 0. The van der Waals surface area contributed by atoms with E-state index in [1.807, 2.05) is 18.2 Å². The Morgan fingerprint density at radius 3 is 2.82 bits per heavy atom. The van der Waals surface area contributed by atoms with Crippen LogP contribution >= 0.6 is 24.0 Å². The second-order valence-corrected chi connectivity index (χ2v) is 8.58. The van der Waals surface area contributed by atoms with E-state index in [1.54, 1.807) is 7.05 Å². The van der Waals surface area contributed by atoms with Gasteiger partial charge in [-0.3, -0.25) is 14.7 Å². The Balaban J connectivity index is 0.00000306. The zero-order valence-corrected chi connectivity index (χ0v) is 21.7. The van der Waals surface area contributed by atoms with Gasteiger partial charge in [-0.15, -0.1) is 24.0 Å². The summed E-state index contributed by atoms with van der Waals surface area (Å²) in [6.07, 6.45) is 0.772. The SMILES string of the molecule is CN=C(NCc1cccc(CN2CCOC(C)C2)c1)NCC1CC(=O)Nc2ccccc21.I. The molecule has 4 rings (SSSR count). The Morgan fingerprint density at radius 2 is 2.00 bits per heavy atom. The quantitative estimate of drug-likeness (QED) is 0.286. The van der Waals surface area contributed by atoms with Crippen LogP contribution in [-0.2, 0) is 22.6 Å². The molecule has 2 aromatic rings. The lowest BCUT2D eigenvalue weighted by Gasteiger charge is -2.31. The molecule has 7 nitrogen and oxygen atoms in total. The molecule has 1 saturated heterocycles. The number of guanidine groups is 1. The van der Waals surface area contributed by atoms with E-state index in [0.29, 0.717) is 25.6 Å². The average Bonchev–Trinajstić information content (AvgIpc) is 2.79. The number of hydrogen-bond acceptors (Lipinski definition) is 4. The first-order valence-electron chi connectivity index (χ1n) is 11.4. The van der Waals surface area contributed by atoms with Gasteiger partial charge in [0.05, 0.1) is 12.7 Å². The number of nitrogens with zero attached hydrogens (tertiary/aromatic N) is 2. The summed E-state index contributed by atoms with van der Waals surface area (Å²) in [6, 6.07) is 16.7. The average molecular weight is 563 g/mol. The number of benzene rings is 2. The molecule has 0 spiro atoms. The number of carbonyl (C=O) groups is 1. The summed E-state index contributed by atoms with van der Waals surface area (Å²) in [7, 11) is 1.77. The number of anilines is 1. The zero-order valence-electron chi connectivity index (χ0n) is 19.3. The number of nitrogens with one attached hydrogen (secondary N) is 3. The second kappa shape index (κ2) is 12.3. The molecule has 0 bridgehead atoms. The van der Waals surface area contributed by atoms with Gasteiger partial charge < -0.3 is 20.7 Å². The van der Waals surface area contributed by atoms with Crippen molar-refractivity contribution in [2.75, 3.05) is 38.6 Å². The number of hydrogen-bond donors (Lipinski definition) is 3. The lowest BCUT2D eigenvalue weighted by molar-refractivity contribution is -0.116. The third-order valence-corrected chi connectivity index (χ3v) is 6.03. The number of aliphatic imine (C=N–C) groups is 1. The molecule has 8 heteroatoms. The highest BCUT2D eigenvalue weighted by Crippen LogP contribution is 2.31. The molecule has 1 fully saturated rings. The molecular formula is C25H34IN5O2. The van der Waals surface area contributed by atoms with Crippen LogP contribution in [-0.4, -0.2) is 56.2 Å². The van der Waals surface area contributed by atoms with E-state index >= 15 is 0 Å². The van der Waals surface area contributed by atoms with Crippen molar-refractivity contribution in [3.05, 3.63) is 65.2 Å². The van der Waals surface area contributed by atoms with Crippen molar-refractivity contribution in [3.8, 4) is 0 Å². The number of rotatable bonds is 6. The minimum absolute atomic E-state index is 0. The first kappa shape index (κ1) is 25.5. The molecule has 0 aliphatic carbocycles. The van der Waals surface area contributed by atoms with Gasteiger partial charge in [0.2, 0.25) is 5.91 Å². The van der Waals surface area contributed by atoms with Crippen LogP contribution in [0.3, 0.4) is 0 Å². The summed E-state index contributed by atoms with van der Waals surface area (Å²) in [5.41, 5.74) is 4.60. The smallest absolute Gasteiger partial charge is 0.225 e. The molecule has 2 aliphatic rings. The largest absolute Gasteiger partial charge is 0.376 e. The van der Waals surface area contributed by atoms with Crippen LogP contribution < -0.4 is 16.0 Å². The van der Waals surface area contributed by atoms with Gasteiger partial charge in [0.25, 0.3) is 0 Å². The molecule has 2 atom stereocenters. The van der Waals surface area contributed by atoms with E-state index in [1.165, 1.54) is 16.7 Å². The molecular weight excluding hydrogens is 529 g/mol. The Labute approximate surface area is 213 Å². The van der Waals surface area contributed by atoms with Gasteiger partial charge in [0.1, 0.15) is 0 Å². The summed E-state index contributed by atoms with van der Waals surface area (Å²) < 4.78 is 5.64. The van der Waals surface area contributed by atoms with Crippen LogP contribution in [0.2, 0.25) is 0 Å². The highest BCUT2D eigenvalue weighted by molar-refractivity contribution is 14.0. The zero-order chi connectivity index (χ0) is 22.3. The van der Waals surface area contributed by atoms with Crippen LogP contribution in [0.25, 0.3) is 0 Å². The van der Waals surface area contributed by atoms with Crippen LogP contribution in [0.4, 0.5) is 5.69 Å². The van der Waals surface area contributed by atoms with Crippen LogP contribution in [0.15, 0.2) is 53.5 Å². The maximum absolute atomic E-state index is 12.1. The topological polar surface area (TPSA) is 78.0 Å². The lowest BCUT2D eigenvalue weighted by Crippen LogP contribution is -2.40. The molecule has 1 amide bonds. The summed E-state index contributed by atoms with van der Waals surface area (Å²) in [5, 5.41) is 9.75. The molecule has 0 radical (unpaired) electrons. The molecule has 2 heterocycles. The molecule has 178 valence electrons. The van der Waals surface area contributed by atoms with Gasteiger partial charge in [0, 0.05) is 57.8 Å². The van der Waals surface area contributed by atoms with Gasteiger partial charge in [-0.25, -0.2) is 0 Å². The molecule has 0 aromatic heterocycles. The predicted molar refractivity (Wildman–Crippen MR) is 143 cm³/mol. The number of ether oxygens (including phenoxy) is 1. The van der Waals surface area contributed by atoms with Gasteiger partial charge in [0.15, 0.2) is 5.96 Å². The van der Waals surface area contributed by atoms with E-state index in [-0.39, 0.29) is 35.8 Å². The van der Waals surface area contributed by atoms with Crippen LogP contribution in [0.1, 0.15) is 36.0 Å². The fourth-order valence-corrected chi connectivity index (χ4v) is 4.44.